The van der Waals surface area contributed by atoms with Crippen LogP contribution in [0.5, 0.6) is 11.5 Å². The lowest BCUT2D eigenvalue weighted by Gasteiger charge is -2.12. The molecule has 28 heavy (non-hydrogen) atoms. The molecule has 0 aliphatic rings. The number of sulfonamides is 1. The second-order valence-electron chi connectivity index (χ2n) is 5.94. The van der Waals surface area contributed by atoms with Gasteiger partial charge < -0.3 is 9.84 Å². The average molecular weight is 401 g/mol. The first-order valence-electron chi connectivity index (χ1n) is 8.15. The maximum Gasteiger partial charge on any atom is 0.337 e. The molecule has 8 heteroatoms. The van der Waals surface area contributed by atoms with E-state index >= 15 is 0 Å². The van der Waals surface area contributed by atoms with E-state index in [1.54, 1.807) is 24.3 Å². The summed E-state index contributed by atoms with van der Waals surface area (Å²) >= 11 is 0. The summed E-state index contributed by atoms with van der Waals surface area (Å²) in [5.74, 6) is -1.06. The van der Waals surface area contributed by atoms with Crippen LogP contribution in [0.15, 0.2) is 71.6 Å². The predicted molar refractivity (Wildman–Crippen MR) is 102 cm³/mol. The average Bonchev–Trinajstić information content (AvgIpc) is 2.65. The van der Waals surface area contributed by atoms with Crippen LogP contribution in [0.4, 0.5) is 10.1 Å². The fraction of sp³-hybridized carbons (Fsp3) is 0.0500. The second kappa shape index (κ2) is 7.69. The van der Waals surface area contributed by atoms with Crippen molar-refractivity contribution in [3.05, 3.63) is 83.7 Å². The number of para-hydroxylation sites is 1. The van der Waals surface area contributed by atoms with Gasteiger partial charge in [-0.25, -0.2) is 17.6 Å². The largest absolute Gasteiger partial charge is 0.478 e. The zero-order valence-corrected chi connectivity index (χ0v) is 15.5. The molecule has 0 saturated carbocycles. The number of hydrogen-bond acceptors (Lipinski definition) is 4. The van der Waals surface area contributed by atoms with E-state index in [-0.39, 0.29) is 21.7 Å². The van der Waals surface area contributed by atoms with Gasteiger partial charge in [0.2, 0.25) is 0 Å². The monoisotopic (exact) mass is 401 g/mol. The molecule has 2 N–H and O–H groups in total. The first-order valence-corrected chi connectivity index (χ1v) is 9.64. The number of carbonyl (C=O) groups is 1. The van der Waals surface area contributed by atoms with Gasteiger partial charge in [-0.05, 0) is 61.0 Å². The van der Waals surface area contributed by atoms with Gasteiger partial charge in [-0.15, -0.1) is 0 Å². The van der Waals surface area contributed by atoms with E-state index in [9.17, 15) is 22.7 Å². The number of nitrogens with one attached hydrogen (secondary N) is 1. The van der Waals surface area contributed by atoms with Gasteiger partial charge in [0.25, 0.3) is 10.0 Å². The van der Waals surface area contributed by atoms with E-state index < -0.39 is 21.8 Å². The topological polar surface area (TPSA) is 92.7 Å². The Morgan fingerprint density at radius 2 is 1.61 bits per heavy atom. The molecule has 0 aliphatic heterocycles. The van der Waals surface area contributed by atoms with E-state index in [4.69, 9.17) is 4.74 Å². The first-order chi connectivity index (χ1) is 13.3. The van der Waals surface area contributed by atoms with Crippen molar-refractivity contribution in [3.63, 3.8) is 0 Å². The Bertz CT molecular complexity index is 1110. The zero-order chi connectivity index (χ0) is 20.3. The van der Waals surface area contributed by atoms with Gasteiger partial charge >= 0.3 is 5.97 Å². The number of carboxylic acid groups (broad SMARTS) is 1. The van der Waals surface area contributed by atoms with Crippen molar-refractivity contribution in [1.82, 2.24) is 0 Å². The zero-order valence-electron chi connectivity index (χ0n) is 14.7. The smallest absolute Gasteiger partial charge is 0.337 e. The summed E-state index contributed by atoms with van der Waals surface area (Å²) in [4.78, 5) is 11.2. The third-order valence-electron chi connectivity index (χ3n) is 3.89. The van der Waals surface area contributed by atoms with E-state index in [2.05, 4.69) is 4.72 Å². The first kappa shape index (κ1) is 19.4. The molecule has 0 aliphatic carbocycles. The molecule has 0 atom stereocenters. The van der Waals surface area contributed by atoms with Crippen LogP contribution in [0.25, 0.3) is 0 Å². The number of carboxylic acids is 1. The highest BCUT2D eigenvalue weighted by molar-refractivity contribution is 7.92. The van der Waals surface area contributed by atoms with Crippen LogP contribution >= 0.6 is 0 Å². The lowest BCUT2D eigenvalue weighted by atomic mass is 10.1. The van der Waals surface area contributed by atoms with Gasteiger partial charge in [-0.2, -0.15) is 0 Å². The highest BCUT2D eigenvalue weighted by atomic mass is 32.2. The van der Waals surface area contributed by atoms with E-state index in [0.29, 0.717) is 11.5 Å². The van der Waals surface area contributed by atoms with Crippen LogP contribution in [-0.4, -0.2) is 19.5 Å². The minimum absolute atomic E-state index is 0.0998. The van der Waals surface area contributed by atoms with Crippen LogP contribution in [0.3, 0.4) is 0 Å². The van der Waals surface area contributed by atoms with Crippen LogP contribution < -0.4 is 9.46 Å². The Morgan fingerprint density at radius 1 is 1.00 bits per heavy atom. The Morgan fingerprint density at radius 3 is 2.21 bits per heavy atom. The summed E-state index contributed by atoms with van der Waals surface area (Å²) in [6.45, 7) is 1.39. The van der Waals surface area contributed by atoms with Crippen molar-refractivity contribution in [1.29, 1.82) is 0 Å². The Hall–Kier alpha value is -3.39. The molecule has 3 aromatic carbocycles. The van der Waals surface area contributed by atoms with Crippen molar-refractivity contribution >= 4 is 21.7 Å². The number of halogens is 1. The van der Waals surface area contributed by atoms with Crippen molar-refractivity contribution in [3.8, 4) is 11.5 Å². The molecule has 0 radical (unpaired) electrons. The highest BCUT2D eigenvalue weighted by Gasteiger charge is 2.20. The molecule has 3 rings (SSSR count). The Balaban J connectivity index is 1.86. The lowest BCUT2D eigenvalue weighted by Crippen LogP contribution is -2.16. The molecule has 0 saturated heterocycles. The van der Waals surface area contributed by atoms with Crippen LogP contribution in [0.1, 0.15) is 15.9 Å². The Kier molecular flexibility index (Phi) is 5.32. The number of rotatable bonds is 6. The maximum absolute atomic E-state index is 13.8. The fourth-order valence-electron chi connectivity index (χ4n) is 2.46. The van der Waals surface area contributed by atoms with E-state index in [0.717, 1.165) is 12.1 Å². The summed E-state index contributed by atoms with van der Waals surface area (Å²) < 4.78 is 46.7. The molecular weight excluding hydrogens is 385 g/mol. The van der Waals surface area contributed by atoms with Gasteiger partial charge in [0.15, 0.2) is 0 Å². The van der Waals surface area contributed by atoms with Crippen molar-refractivity contribution in [2.75, 3.05) is 4.72 Å². The predicted octanol–water partition coefficient (Wildman–Crippen LogP) is 4.43. The standard InChI is InChI=1S/C20H16FNO5S/c1-13-11-17(20(23)24)19(12-18(13)21)22-28(25,26)16-9-7-15(8-10-16)27-14-5-3-2-4-6-14/h2-12,22H,1H3,(H,23,24). The third kappa shape index (κ3) is 4.29. The van der Waals surface area contributed by atoms with Gasteiger partial charge in [-0.1, -0.05) is 18.2 Å². The number of ether oxygens (including phenoxy) is 1. The quantitative estimate of drug-likeness (QED) is 0.638. The summed E-state index contributed by atoms with van der Waals surface area (Å²) in [6, 6.07) is 16.4. The summed E-state index contributed by atoms with van der Waals surface area (Å²) in [5.41, 5.74) is -0.588. The van der Waals surface area contributed by atoms with E-state index in [1.165, 1.54) is 31.2 Å². The molecule has 0 bridgehead atoms. The molecule has 0 fully saturated rings. The number of benzene rings is 3. The summed E-state index contributed by atoms with van der Waals surface area (Å²) in [7, 11) is -4.12. The van der Waals surface area contributed by atoms with Crippen molar-refractivity contribution in [2.24, 2.45) is 0 Å². The van der Waals surface area contributed by atoms with Gasteiger partial charge in [0.05, 0.1) is 16.1 Å². The fourth-order valence-corrected chi connectivity index (χ4v) is 3.53. The molecule has 6 nitrogen and oxygen atoms in total. The summed E-state index contributed by atoms with van der Waals surface area (Å²) in [6.07, 6.45) is 0. The van der Waals surface area contributed by atoms with Crippen LogP contribution in [0.2, 0.25) is 0 Å². The number of anilines is 1. The second-order valence-corrected chi connectivity index (χ2v) is 7.63. The maximum atomic E-state index is 13.8. The highest BCUT2D eigenvalue weighted by Crippen LogP contribution is 2.26. The van der Waals surface area contributed by atoms with Gasteiger partial charge in [0, 0.05) is 0 Å². The number of hydrogen-bond donors (Lipinski definition) is 2. The van der Waals surface area contributed by atoms with Crippen molar-refractivity contribution < 1.29 is 27.4 Å². The lowest BCUT2D eigenvalue weighted by molar-refractivity contribution is 0.0698. The molecule has 0 aromatic heterocycles. The number of aromatic carboxylic acids is 1. The molecular formula is C20H16FNO5S. The normalized spacial score (nSPS) is 11.1. The molecule has 0 amide bonds. The van der Waals surface area contributed by atoms with E-state index in [1.807, 2.05) is 6.07 Å². The van der Waals surface area contributed by atoms with Gasteiger partial charge in [0.1, 0.15) is 17.3 Å². The SMILES string of the molecule is Cc1cc(C(=O)O)c(NS(=O)(=O)c2ccc(Oc3ccccc3)cc2)cc1F. The third-order valence-corrected chi connectivity index (χ3v) is 5.27. The number of aryl methyl sites for hydroxylation is 1. The minimum Gasteiger partial charge on any atom is -0.478 e. The summed E-state index contributed by atoms with van der Waals surface area (Å²) in [5, 5.41) is 9.25. The molecule has 0 spiro atoms. The minimum atomic E-state index is -4.12. The van der Waals surface area contributed by atoms with Crippen molar-refractivity contribution in [2.45, 2.75) is 11.8 Å². The van der Waals surface area contributed by atoms with Gasteiger partial charge in [-0.3, -0.25) is 4.72 Å². The molecule has 3 aromatic rings. The van der Waals surface area contributed by atoms with Crippen LogP contribution in [0, 0.1) is 12.7 Å². The molecule has 0 heterocycles. The van der Waals surface area contributed by atoms with Crippen LogP contribution in [-0.2, 0) is 10.0 Å². The Labute approximate surface area is 161 Å². The molecule has 0 unspecified atom stereocenters. The molecule has 144 valence electrons.